The first-order valence-corrected chi connectivity index (χ1v) is 17.2. The van der Waals surface area contributed by atoms with Crippen LogP contribution in [0.15, 0.2) is 89.4 Å². The van der Waals surface area contributed by atoms with Crippen molar-refractivity contribution in [2.24, 2.45) is 0 Å². The maximum Gasteiger partial charge on any atom is 0.495 e. The summed E-state index contributed by atoms with van der Waals surface area (Å²) in [5.41, 5.74) is 4.99. The van der Waals surface area contributed by atoms with Crippen molar-refractivity contribution in [2.45, 2.75) is 66.6 Å². The number of ether oxygens (including phenoxy) is 2. The number of hydrogen-bond acceptors (Lipinski definition) is 6. The van der Waals surface area contributed by atoms with Gasteiger partial charge in [0, 0.05) is 14.5 Å². The van der Waals surface area contributed by atoms with Crippen molar-refractivity contribution in [2.75, 3.05) is 13.2 Å². The number of esters is 2. The molecule has 4 aromatic rings. The van der Waals surface area contributed by atoms with Crippen molar-refractivity contribution in [3.05, 3.63) is 122 Å². The molecule has 0 aliphatic carbocycles. The van der Waals surface area contributed by atoms with Crippen LogP contribution in [0.3, 0.4) is 0 Å². The molecule has 1 heterocycles. The molecule has 254 valence electrons. The Kier molecular flexibility index (Phi) is 14.3. The van der Waals surface area contributed by atoms with Crippen LogP contribution in [0.25, 0.3) is 11.1 Å². The Hall–Kier alpha value is -3.14. The molecule has 1 aliphatic heterocycles. The molecule has 0 spiro atoms. The monoisotopic (exact) mass is 754 g/mol. The number of carbonyl (C=O) groups excluding carboxylic acids is 2. The van der Waals surface area contributed by atoms with Crippen LogP contribution >= 0.6 is 39.1 Å². The highest BCUT2D eigenvalue weighted by Crippen LogP contribution is 2.36. The molecule has 0 aromatic heterocycles. The van der Waals surface area contributed by atoms with Crippen LogP contribution in [-0.4, -0.2) is 43.5 Å². The van der Waals surface area contributed by atoms with Crippen LogP contribution in [0.2, 0.25) is 10.0 Å². The third-order valence-electron chi connectivity index (χ3n) is 7.98. The minimum absolute atomic E-state index is 0.299. The molecule has 10 heteroatoms. The Morgan fingerprint density at radius 3 is 1.69 bits per heavy atom. The Labute approximate surface area is 303 Å². The molecular weight excluding hydrogens is 714 g/mol. The lowest BCUT2D eigenvalue weighted by atomic mass is 9.76. The van der Waals surface area contributed by atoms with E-state index in [2.05, 4.69) is 15.9 Å². The van der Waals surface area contributed by atoms with E-state index in [9.17, 15) is 9.59 Å². The maximum absolute atomic E-state index is 12.0. The summed E-state index contributed by atoms with van der Waals surface area (Å²) < 4.78 is 23.3. The Balaban J connectivity index is 0.000000209. The van der Waals surface area contributed by atoms with Gasteiger partial charge >= 0.3 is 19.1 Å². The zero-order valence-corrected chi connectivity index (χ0v) is 31.8. The molecule has 5 rings (SSSR count). The third kappa shape index (κ3) is 10.2. The molecule has 0 amide bonds. The first kappa shape index (κ1) is 39.3. The van der Waals surface area contributed by atoms with E-state index in [0.717, 1.165) is 26.2 Å². The summed E-state index contributed by atoms with van der Waals surface area (Å²) in [5.74, 6) is -0.648. The van der Waals surface area contributed by atoms with E-state index in [1.165, 1.54) is 5.56 Å². The van der Waals surface area contributed by atoms with E-state index < -0.39 is 18.3 Å². The third-order valence-corrected chi connectivity index (χ3v) is 9.34. The Morgan fingerprint density at radius 2 is 1.17 bits per heavy atom. The van der Waals surface area contributed by atoms with Crippen molar-refractivity contribution in [3.8, 4) is 11.1 Å². The second-order valence-corrected chi connectivity index (χ2v) is 13.7. The van der Waals surface area contributed by atoms with Crippen molar-refractivity contribution in [1.29, 1.82) is 0 Å². The molecule has 0 bridgehead atoms. The minimum Gasteiger partial charge on any atom is -0.462 e. The molecular formula is C38H42BBrCl2O6. The predicted molar refractivity (Wildman–Crippen MR) is 200 cm³/mol. The first-order chi connectivity index (χ1) is 22.6. The van der Waals surface area contributed by atoms with Gasteiger partial charge in [0.2, 0.25) is 0 Å². The molecule has 1 saturated heterocycles. The second-order valence-electron chi connectivity index (χ2n) is 12.0. The molecule has 1 fully saturated rings. The normalized spacial score (nSPS) is 14.2. The predicted octanol–water partition coefficient (Wildman–Crippen LogP) is 10.1. The summed E-state index contributed by atoms with van der Waals surface area (Å²) in [6, 6.07) is 26.1. The highest BCUT2D eigenvalue weighted by Gasteiger charge is 2.52. The topological polar surface area (TPSA) is 71.1 Å². The highest BCUT2D eigenvalue weighted by molar-refractivity contribution is 9.10. The number of hydrogen-bond donors (Lipinski definition) is 0. The van der Waals surface area contributed by atoms with Crippen molar-refractivity contribution in [3.63, 3.8) is 0 Å². The van der Waals surface area contributed by atoms with Gasteiger partial charge < -0.3 is 18.8 Å². The SMILES string of the molecule is CCOC(=O)c1ccccc1-c1ccc(Cl)cc1C.CCOC(=O)c1ccccc1B1OC(C)(C)C(C)(C)O1.Cc1cc(Cl)ccc1Br. The average Bonchev–Trinajstić information content (AvgIpc) is 3.26. The summed E-state index contributed by atoms with van der Waals surface area (Å²) in [7, 11) is -0.555. The largest absolute Gasteiger partial charge is 0.495 e. The van der Waals surface area contributed by atoms with Gasteiger partial charge in [-0.2, -0.15) is 0 Å². The molecule has 0 radical (unpaired) electrons. The zero-order chi connectivity index (χ0) is 35.6. The summed E-state index contributed by atoms with van der Waals surface area (Å²) in [4.78, 5) is 24.0. The maximum atomic E-state index is 12.0. The van der Waals surface area contributed by atoms with E-state index in [-0.39, 0.29) is 11.9 Å². The number of carbonyl (C=O) groups is 2. The fraction of sp³-hybridized carbons (Fsp3) is 0.316. The van der Waals surface area contributed by atoms with Gasteiger partial charge in [-0.25, -0.2) is 9.59 Å². The number of benzene rings is 4. The van der Waals surface area contributed by atoms with Crippen molar-refractivity contribution in [1.82, 2.24) is 0 Å². The smallest absolute Gasteiger partial charge is 0.462 e. The molecule has 0 atom stereocenters. The second kappa shape index (κ2) is 17.5. The number of halogens is 3. The van der Waals surface area contributed by atoms with E-state index in [0.29, 0.717) is 34.8 Å². The Morgan fingerprint density at radius 1 is 0.688 bits per heavy atom. The lowest BCUT2D eigenvalue weighted by Gasteiger charge is -2.32. The van der Waals surface area contributed by atoms with Crippen LogP contribution < -0.4 is 5.46 Å². The van der Waals surface area contributed by atoms with Gasteiger partial charge in [-0.3, -0.25) is 0 Å². The van der Waals surface area contributed by atoms with Gasteiger partial charge in [0.15, 0.2) is 0 Å². The lowest BCUT2D eigenvalue weighted by molar-refractivity contribution is 0.00578. The molecule has 48 heavy (non-hydrogen) atoms. The molecule has 6 nitrogen and oxygen atoms in total. The summed E-state index contributed by atoms with van der Waals surface area (Å²) in [6.45, 7) is 16.2. The average molecular weight is 756 g/mol. The van der Waals surface area contributed by atoms with E-state index >= 15 is 0 Å². The van der Waals surface area contributed by atoms with Crippen LogP contribution in [0.5, 0.6) is 0 Å². The highest BCUT2D eigenvalue weighted by atomic mass is 79.9. The molecule has 0 N–H and O–H groups in total. The van der Waals surface area contributed by atoms with Crippen LogP contribution in [0.4, 0.5) is 0 Å². The van der Waals surface area contributed by atoms with Gasteiger partial charge in [0.25, 0.3) is 0 Å². The molecule has 4 aromatic carbocycles. The van der Waals surface area contributed by atoms with Gasteiger partial charge in [-0.1, -0.05) is 81.6 Å². The van der Waals surface area contributed by atoms with Crippen LogP contribution in [0, 0.1) is 13.8 Å². The van der Waals surface area contributed by atoms with Crippen molar-refractivity contribution >= 4 is 63.7 Å². The van der Waals surface area contributed by atoms with Gasteiger partial charge in [-0.05, 0) is 126 Å². The molecule has 1 aliphatic rings. The summed E-state index contributed by atoms with van der Waals surface area (Å²) in [6.07, 6.45) is 0. The van der Waals surface area contributed by atoms with Gasteiger partial charge in [-0.15, -0.1) is 0 Å². The van der Waals surface area contributed by atoms with E-state index in [4.69, 9.17) is 42.0 Å². The van der Waals surface area contributed by atoms with Gasteiger partial charge in [0.1, 0.15) is 0 Å². The standard InChI is InChI=1S/C16H15ClO2.C15H21BO4.C7H6BrCl/c1-3-19-16(18)15-7-5-4-6-14(15)13-9-8-12(17)10-11(13)2;1-6-18-13(17)11-9-7-8-10-12(11)16-19-14(2,3)15(4,5)20-16;1-5-4-6(9)2-3-7(5)8/h4-10H,3H2,1-2H3;7-10H,6H2,1-5H3;2-4H,1H3. The van der Waals surface area contributed by atoms with Crippen molar-refractivity contribution < 1.29 is 28.4 Å². The lowest BCUT2D eigenvalue weighted by Crippen LogP contribution is -2.41. The molecule has 0 unspecified atom stereocenters. The van der Waals surface area contributed by atoms with Crippen LogP contribution in [0.1, 0.15) is 73.4 Å². The van der Waals surface area contributed by atoms with Gasteiger partial charge in [0.05, 0.1) is 35.5 Å². The van der Waals surface area contributed by atoms with Crippen LogP contribution in [-0.2, 0) is 18.8 Å². The Bertz CT molecular complexity index is 1710. The van der Waals surface area contributed by atoms with E-state index in [1.54, 1.807) is 32.0 Å². The van der Waals surface area contributed by atoms with E-state index in [1.807, 2.05) is 108 Å². The fourth-order valence-electron chi connectivity index (χ4n) is 4.71. The number of aryl methyl sites for hydroxylation is 2. The first-order valence-electron chi connectivity index (χ1n) is 15.7. The zero-order valence-electron chi connectivity index (χ0n) is 28.7. The minimum atomic E-state index is -0.555. The quantitative estimate of drug-likeness (QED) is 0.144. The number of rotatable bonds is 6. The summed E-state index contributed by atoms with van der Waals surface area (Å²) >= 11 is 15.0. The molecule has 0 saturated carbocycles. The summed E-state index contributed by atoms with van der Waals surface area (Å²) in [5, 5.41) is 1.48. The fourth-order valence-corrected chi connectivity index (χ4v) is 5.41.